The van der Waals surface area contributed by atoms with Crippen LogP contribution in [0.1, 0.15) is 54.0 Å². The fraction of sp³-hybridized carbons (Fsp3) is 0.526. The summed E-state index contributed by atoms with van der Waals surface area (Å²) >= 11 is 1.28. The minimum atomic E-state index is -0.918. The Labute approximate surface area is 146 Å². The van der Waals surface area contributed by atoms with Gasteiger partial charge in [-0.1, -0.05) is 32.1 Å². The first-order valence-electron chi connectivity index (χ1n) is 7.99. The van der Waals surface area contributed by atoms with Gasteiger partial charge in [0.25, 0.3) is 0 Å². The third-order valence-corrected chi connectivity index (χ3v) is 4.46. The molecule has 1 N–H and O–H groups in total. The predicted octanol–water partition coefficient (Wildman–Crippen LogP) is 5.28. The van der Waals surface area contributed by atoms with Gasteiger partial charge in [0.05, 0.1) is 11.3 Å². The minimum Gasteiger partial charge on any atom is -0.387 e. The summed E-state index contributed by atoms with van der Waals surface area (Å²) in [5.74, 6) is 0. The Hall–Kier alpha value is -1.10. The molecule has 3 nitrogen and oxygen atoms in total. The van der Waals surface area contributed by atoms with Crippen molar-refractivity contribution in [3.63, 3.8) is 0 Å². The van der Waals surface area contributed by atoms with E-state index in [0.717, 1.165) is 16.2 Å². The normalized spacial score (nSPS) is 13.0. The van der Waals surface area contributed by atoms with E-state index in [2.05, 4.69) is 4.99 Å². The van der Waals surface area contributed by atoms with E-state index in [9.17, 15) is 5.11 Å². The van der Waals surface area contributed by atoms with Crippen LogP contribution in [0.3, 0.4) is 0 Å². The number of aliphatic imine (C=N–C) groups is 1. The number of rotatable bonds is 6. The topological polar surface area (TPSA) is 41.8 Å². The summed E-state index contributed by atoms with van der Waals surface area (Å²) < 4.78 is 5.82. The lowest BCUT2D eigenvalue weighted by molar-refractivity contribution is -0.0813. The number of nitrogens with zero attached hydrogens (tertiary/aromatic N) is 1. The molecule has 0 saturated carbocycles. The molecule has 0 aliphatic rings. The quantitative estimate of drug-likeness (QED) is 0.567. The fourth-order valence-corrected chi connectivity index (χ4v) is 2.24. The Bertz CT molecular complexity index is 528. The number of hydrogen-bond acceptors (Lipinski definition) is 4. The van der Waals surface area contributed by atoms with Crippen molar-refractivity contribution in [1.29, 1.82) is 0 Å². The zero-order chi connectivity index (χ0) is 18.1. The van der Waals surface area contributed by atoms with Gasteiger partial charge >= 0.3 is 0 Å². The fourth-order valence-electron chi connectivity index (χ4n) is 1.42. The second-order valence-corrected chi connectivity index (χ2v) is 6.68. The SMILES string of the molecule is C/C=C\C(=NC)c1cccc(SOC(C)(C)C(C)(C)O)c1.CC. The molecule has 0 aliphatic carbocycles. The molecule has 1 aromatic carbocycles. The highest BCUT2D eigenvalue weighted by Crippen LogP contribution is 2.33. The zero-order valence-electron chi connectivity index (χ0n) is 15.7. The average Bonchev–Trinajstić information content (AvgIpc) is 2.52. The van der Waals surface area contributed by atoms with Gasteiger partial charge in [-0.15, -0.1) is 0 Å². The maximum absolute atomic E-state index is 10.1. The van der Waals surface area contributed by atoms with Crippen LogP contribution in [0.5, 0.6) is 0 Å². The number of benzene rings is 1. The molecule has 4 heteroatoms. The summed E-state index contributed by atoms with van der Waals surface area (Å²) in [5.41, 5.74) is 0.407. The van der Waals surface area contributed by atoms with Crippen LogP contribution in [0.15, 0.2) is 46.3 Å². The number of allylic oxidation sites excluding steroid dienone is 2. The van der Waals surface area contributed by atoms with Crippen molar-refractivity contribution < 1.29 is 9.29 Å². The summed E-state index contributed by atoms with van der Waals surface area (Å²) in [4.78, 5) is 5.26. The van der Waals surface area contributed by atoms with Gasteiger partial charge in [0.1, 0.15) is 5.60 Å². The van der Waals surface area contributed by atoms with Crippen molar-refractivity contribution in [2.75, 3.05) is 7.05 Å². The molecule has 0 saturated heterocycles. The van der Waals surface area contributed by atoms with Gasteiger partial charge in [-0.25, -0.2) is 0 Å². The predicted molar refractivity (Wildman–Crippen MR) is 102 cm³/mol. The highest BCUT2D eigenvalue weighted by atomic mass is 32.2. The molecule has 23 heavy (non-hydrogen) atoms. The molecule has 0 fully saturated rings. The second-order valence-electron chi connectivity index (χ2n) is 5.87. The summed E-state index contributed by atoms with van der Waals surface area (Å²) in [5, 5.41) is 10.1. The van der Waals surface area contributed by atoms with Crippen molar-refractivity contribution in [2.45, 2.75) is 64.6 Å². The molecule has 1 aromatic rings. The molecule has 0 heterocycles. The van der Waals surface area contributed by atoms with Gasteiger partial charge in [-0.05, 0) is 52.8 Å². The van der Waals surface area contributed by atoms with E-state index in [-0.39, 0.29) is 0 Å². The molecule has 0 radical (unpaired) electrons. The Morgan fingerprint density at radius 2 is 1.83 bits per heavy atom. The molecule has 130 valence electrons. The van der Waals surface area contributed by atoms with Gasteiger partial charge in [-0.2, -0.15) is 0 Å². The third kappa shape index (κ3) is 6.90. The third-order valence-electron chi connectivity index (χ3n) is 3.51. The van der Waals surface area contributed by atoms with Gasteiger partial charge in [0, 0.05) is 29.5 Å². The van der Waals surface area contributed by atoms with Crippen LogP contribution in [-0.4, -0.2) is 29.1 Å². The highest BCUT2D eigenvalue weighted by molar-refractivity contribution is 7.94. The summed E-state index contributed by atoms with van der Waals surface area (Å²) in [7, 11) is 1.78. The molecular weight excluding hydrogens is 306 g/mol. The highest BCUT2D eigenvalue weighted by Gasteiger charge is 2.36. The maximum Gasteiger partial charge on any atom is 0.106 e. The maximum atomic E-state index is 10.1. The van der Waals surface area contributed by atoms with Gasteiger partial charge in [0.2, 0.25) is 0 Å². The first-order valence-corrected chi connectivity index (χ1v) is 8.73. The molecule has 0 aromatic heterocycles. The van der Waals surface area contributed by atoms with Gasteiger partial charge < -0.3 is 9.29 Å². The second kappa shape index (κ2) is 9.91. The van der Waals surface area contributed by atoms with E-state index in [1.54, 1.807) is 20.9 Å². The first kappa shape index (κ1) is 21.9. The smallest absolute Gasteiger partial charge is 0.106 e. The van der Waals surface area contributed by atoms with E-state index in [4.69, 9.17) is 4.18 Å². The monoisotopic (exact) mass is 337 g/mol. The number of aliphatic hydroxyl groups is 1. The van der Waals surface area contributed by atoms with E-state index >= 15 is 0 Å². The largest absolute Gasteiger partial charge is 0.387 e. The standard InChI is InChI=1S/C17H25NO2S.C2H6/c1-7-9-15(18-6)13-10-8-11-14(12-13)21-20-17(4,5)16(2,3)19;1-2/h7-12,19H,1-6H3;1-2H3/b9-7-,18-15?;. The van der Waals surface area contributed by atoms with Crippen LogP contribution >= 0.6 is 12.0 Å². The Balaban J connectivity index is 0.00000232. The van der Waals surface area contributed by atoms with Crippen LogP contribution in [0, 0.1) is 0 Å². The van der Waals surface area contributed by atoms with Gasteiger partial charge in [-0.3, -0.25) is 4.99 Å². The van der Waals surface area contributed by atoms with Crippen LogP contribution in [0.25, 0.3) is 0 Å². The summed E-state index contributed by atoms with van der Waals surface area (Å²) in [6.45, 7) is 13.2. The van der Waals surface area contributed by atoms with E-state index in [1.165, 1.54) is 12.0 Å². The van der Waals surface area contributed by atoms with Crippen molar-refractivity contribution >= 4 is 17.8 Å². The number of hydrogen-bond donors (Lipinski definition) is 1. The molecule has 0 atom stereocenters. The van der Waals surface area contributed by atoms with Crippen molar-refractivity contribution in [2.24, 2.45) is 4.99 Å². The van der Waals surface area contributed by atoms with Crippen molar-refractivity contribution in [3.05, 3.63) is 42.0 Å². The van der Waals surface area contributed by atoms with Crippen LogP contribution in [-0.2, 0) is 4.18 Å². The van der Waals surface area contributed by atoms with Crippen molar-refractivity contribution in [3.8, 4) is 0 Å². The molecule has 0 unspecified atom stereocenters. The van der Waals surface area contributed by atoms with E-state index < -0.39 is 11.2 Å². The molecule has 1 rings (SSSR count). The van der Waals surface area contributed by atoms with E-state index in [0.29, 0.717) is 0 Å². The van der Waals surface area contributed by atoms with Crippen LogP contribution in [0.4, 0.5) is 0 Å². The lowest BCUT2D eigenvalue weighted by Crippen LogP contribution is -2.45. The lowest BCUT2D eigenvalue weighted by atomic mass is 9.90. The summed E-state index contributed by atoms with van der Waals surface area (Å²) in [6, 6.07) is 8.02. The molecule has 0 amide bonds. The Morgan fingerprint density at radius 3 is 2.30 bits per heavy atom. The molecular formula is C19H31NO2S. The molecule has 0 spiro atoms. The zero-order valence-corrected chi connectivity index (χ0v) is 16.5. The molecule has 0 aliphatic heterocycles. The first-order chi connectivity index (χ1) is 10.7. The van der Waals surface area contributed by atoms with Crippen molar-refractivity contribution in [1.82, 2.24) is 0 Å². The van der Waals surface area contributed by atoms with Gasteiger partial charge in [0.15, 0.2) is 0 Å². The minimum absolute atomic E-state index is 0.654. The van der Waals surface area contributed by atoms with Crippen LogP contribution in [0.2, 0.25) is 0 Å². The Morgan fingerprint density at radius 1 is 1.22 bits per heavy atom. The Kier molecular flexibility index (Phi) is 9.44. The van der Waals surface area contributed by atoms with E-state index in [1.807, 2.05) is 71.0 Å². The average molecular weight is 338 g/mol. The summed E-state index contributed by atoms with van der Waals surface area (Å²) in [6.07, 6.45) is 3.95. The van der Waals surface area contributed by atoms with Crippen LogP contribution < -0.4 is 0 Å². The molecule has 0 bridgehead atoms. The lowest BCUT2D eigenvalue weighted by Gasteiger charge is -2.35.